The first-order valence-corrected chi connectivity index (χ1v) is 8.67. The van der Waals surface area contributed by atoms with Crippen LogP contribution in [0.4, 0.5) is 0 Å². The van der Waals surface area contributed by atoms with E-state index in [1.54, 1.807) is 6.26 Å². The van der Waals surface area contributed by atoms with Crippen LogP contribution in [0.15, 0.2) is 53.1 Å². The summed E-state index contributed by atoms with van der Waals surface area (Å²) in [5.74, 6) is 0.766. The number of β-amino-alcohol motifs (C(OH)–C–C–N with tert-alkyl or cyclic N) is 1. The van der Waals surface area contributed by atoms with E-state index >= 15 is 0 Å². The van der Waals surface area contributed by atoms with E-state index in [1.807, 2.05) is 42.5 Å². The zero-order valence-corrected chi connectivity index (χ0v) is 14.3. The fourth-order valence-corrected chi connectivity index (χ4v) is 3.01. The number of piperazine rings is 1. The molecule has 1 fully saturated rings. The number of benzene rings is 1. The fourth-order valence-electron chi connectivity index (χ4n) is 3.01. The lowest BCUT2D eigenvalue weighted by Crippen LogP contribution is -2.50. The van der Waals surface area contributed by atoms with Gasteiger partial charge in [-0.3, -0.25) is 14.6 Å². The first-order chi connectivity index (χ1) is 12.2. The third-order valence-corrected chi connectivity index (χ3v) is 4.49. The molecule has 1 aliphatic rings. The van der Waals surface area contributed by atoms with Crippen molar-refractivity contribution < 1.29 is 14.3 Å². The molecule has 2 heterocycles. The van der Waals surface area contributed by atoms with Crippen molar-refractivity contribution in [2.45, 2.75) is 12.6 Å². The molecular weight excluding hydrogens is 318 g/mol. The number of nitrogens with one attached hydrogen (secondary N) is 1. The van der Waals surface area contributed by atoms with E-state index in [4.69, 9.17) is 4.42 Å². The maximum Gasteiger partial charge on any atom is 0.234 e. The Balaban J connectivity index is 1.36. The van der Waals surface area contributed by atoms with Crippen molar-refractivity contribution in [2.24, 2.45) is 0 Å². The fraction of sp³-hybridized carbons (Fsp3) is 0.421. The minimum atomic E-state index is -0.468. The van der Waals surface area contributed by atoms with Gasteiger partial charge in [0.15, 0.2) is 0 Å². The normalized spacial score (nSPS) is 17.3. The van der Waals surface area contributed by atoms with Gasteiger partial charge < -0.3 is 14.8 Å². The Labute approximate surface area is 148 Å². The number of carbonyl (C=O) groups excluding carboxylic acids is 1. The maximum atomic E-state index is 12.0. The molecule has 0 bridgehead atoms. The van der Waals surface area contributed by atoms with Crippen molar-refractivity contribution in [2.75, 3.05) is 39.3 Å². The summed E-state index contributed by atoms with van der Waals surface area (Å²) in [6.07, 6.45) is 1.13. The summed E-state index contributed by atoms with van der Waals surface area (Å²) in [5, 5.41) is 13.2. The Hall–Kier alpha value is -2.15. The predicted octanol–water partition coefficient (Wildman–Crippen LogP) is 1.25. The van der Waals surface area contributed by atoms with Crippen molar-refractivity contribution in [1.29, 1.82) is 0 Å². The second-order valence-electron chi connectivity index (χ2n) is 6.36. The molecule has 6 heteroatoms. The molecule has 1 aromatic carbocycles. The topological polar surface area (TPSA) is 69.0 Å². The van der Waals surface area contributed by atoms with Crippen molar-refractivity contribution in [3.05, 3.63) is 60.1 Å². The largest absolute Gasteiger partial charge is 0.467 e. The van der Waals surface area contributed by atoms with E-state index in [-0.39, 0.29) is 5.91 Å². The molecule has 2 aromatic rings. The number of aliphatic hydroxyl groups is 1. The summed E-state index contributed by atoms with van der Waals surface area (Å²) >= 11 is 0. The molecule has 0 radical (unpaired) electrons. The van der Waals surface area contributed by atoms with Crippen LogP contribution < -0.4 is 5.32 Å². The van der Waals surface area contributed by atoms with Crippen LogP contribution in [-0.2, 0) is 11.3 Å². The number of furan rings is 1. The minimum Gasteiger partial charge on any atom is -0.467 e. The zero-order valence-electron chi connectivity index (χ0n) is 14.3. The average Bonchev–Trinajstić information content (AvgIpc) is 3.16. The molecule has 134 valence electrons. The third kappa shape index (κ3) is 5.42. The number of nitrogens with zero attached hydrogens (tertiary/aromatic N) is 2. The lowest BCUT2D eigenvalue weighted by atomic mass is 10.1. The maximum absolute atomic E-state index is 12.0. The van der Waals surface area contributed by atoms with Crippen LogP contribution in [0.25, 0.3) is 0 Å². The van der Waals surface area contributed by atoms with Crippen LogP contribution in [0.1, 0.15) is 17.4 Å². The van der Waals surface area contributed by atoms with E-state index in [0.717, 1.165) is 37.5 Å². The summed E-state index contributed by atoms with van der Waals surface area (Å²) < 4.78 is 5.20. The Morgan fingerprint density at radius 3 is 2.48 bits per heavy atom. The standard InChI is InChI=1S/C19H25N3O3/c23-18(16-5-2-1-3-6-16)14-21-8-10-22(11-9-21)15-19(24)20-13-17-7-4-12-25-17/h1-7,12,18,23H,8-11,13-15H2,(H,20,24). The third-order valence-electron chi connectivity index (χ3n) is 4.49. The highest BCUT2D eigenvalue weighted by atomic mass is 16.3. The molecule has 1 aliphatic heterocycles. The molecule has 1 amide bonds. The minimum absolute atomic E-state index is 0.00849. The first kappa shape index (κ1) is 17.7. The summed E-state index contributed by atoms with van der Waals surface area (Å²) in [4.78, 5) is 16.4. The van der Waals surface area contributed by atoms with Crippen LogP contribution in [0.5, 0.6) is 0 Å². The van der Waals surface area contributed by atoms with Gasteiger partial charge in [0.1, 0.15) is 5.76 Å². The average molecular weight is 343 g/mol. The highest BCUT2D eigenvalue weighted by Gasteiger charge is 2.21. The lowest BCUT2D eigenvalue weighted by Gasteiger charge is -2.35. The van der Waals surface area contributed by atoms with Crippen molar-refractivity contribution >= 4 is 5.91 Å². The number of rotatable bonds is 7. The number of hydrogen-bond donors (Lipinski definition) is 2. The molecule has 0 aliphatic carbocycles. The monoisotopic (exact) mass is 343 g/mol. The zero-order chi connectivity index (χ0) is 17.5. The van der Waals surface area contributed by atoms with Gasteiger partial charge in [-0.1, -0.05) is 30.3 Å². The van der Waals surface area contributed by atoms with Crippen molar-refractivity contribution in [3.63, 3.8) is 0 Å². The molecule has 2 N–H and O–H groups in total. The molecular formula is C19H25N3O3. The number of hydrogen-bond acceptors (Lipinski definition) is 5. The van der Waals surface area contributed by atoms with Gasteiger partial charge in [0, 0.05) is 32.7 Å². The highest BCUT2D eigenvalue weighted by Crippen LogP contribution is 2.14. The number of amides is 1. The molecule has 1 unspecified atom stereocenters. The molecule has 1 atom stereocenters. The van der Waals surface area contributed by atoms with Gasteiger partial charge in [-0.15, -0.1) is 0 Å². The number of carbonyl (C=O) groups is 1. The van der Waals surface area contributed by atoms with Gasteiger partial charge in [-0.05, 0) is 17.7 Å². The van der Waals surface area contributed by atoms with Gasteiger partial charge in [-0.25, -0.2) is 0 Å². The van der Waals surface area contributed by atoms with E-state index in [0.29, 0.717) is 19.6 Å². The molecule has 6 nitrogen and oxygen atoms in total. The van der Waals surface area contributed by atoms with Gasteiger partial charge in [0.25, 0.3) is 0 Å². The van der Waals surface area contributed by atoms with Crippen LogP contribution in [-0.4, -0.2) is 60.1 Å². The van der Waals surface area contributed by atoms with Crippen LogP contribution in [0.2, 0.25) is 0 Å². The van der Waals surface area contributed by atoms with Gasteiger partial charge in [-0.2, -0.15) is 0 Å². The molecule has 0 spiro atoms. The Bertz CT molecular complexity index is 637. The van der Waals surface area contributed by atoms with Crippen LogP contribution in [0.3, 0.4) is 0 Å². The smallest absolute Gasteiger partial charge is 0.234 e. The van der Waals surface area contributed by atoms with Crippen LogP contribution >= 0.6 is 0 Å². The summed E-state index contributed by atoms with van der Waals surface area (Å²) in [6.45, 7) is 4.82. The first-order valence-electron chi connectivity index (χ1n) is 8.67. The molecule has 25 heavy (non-hydrogen) atoms. The summed E-state index contributed by atoms with van der Waals surface area (Å²) in [6, 6.07) is 13.4. The molecule has 1 saturated heterocycles. The predicted molar refractivity (Wildman–Crippen MR) is 94.8 cm³/mol. The van der Waals surface area contributed by atoms with Crippen LogP contribution in [0, 0.1) is 0 Å². The summed E-state index contributed by atoms with van der Waals surface area (Å²) in [5.41, 5.74) is 0.947. The van der Waals surface area contributed by atoms with Crippen molar-refractivity contribution in [3.8, 4) is 0 Å². The van der Waals surface area contributed by atoms with Gasteiger partial charge in [0.05, 0.1) is 25.5 Å². The highest BCUT2D eigenvalue weighted by molar-refractivity contribution is 5.77. The molecule has 0 saturated carbocycles. The van der Waals surface area contributed by atoms with E-state index in [2.05, 4.69) is 15.1 Å². The SMILES string of the molecule is O=C(CN1CCN(CC(O)c2ccccc2)CC1)NCc1ccco1. The second kappa shape index (κ2) is 8.80. The van der Waals surface area contributed by atoms with Gasteiger partial charge >= 0.3 is 0 Å². The van der Waals surface area contributed by atoms with E-state index < -0.39 is 6.10 Å². The number of aliphatic hydroxyl groups excluding tert-OH is 1. The van der Waals surface area contributed by atoms with Gasteiger partial charge in [0.2, 0.25) is 5.91 Å². The van der Waals surface area contributed by atoms with E-state index in [9.17, 15) is 9.90 Å². The Morgan fingerprint density at radius 2 is 1.80 bits per heavy atom. The van der Waals surface area contributed by atoms with Crippen molar-refractivity contribution in [1.82, 2.24) is 15.1 Å². The van der Waals surface area contributed by atoms with E-state index in [1.165, 1.54) is 0 Å². The Kier molecular flexibility index (Phi) is 6.22. The Morgan fingerprint density at radius 1 is 1.08 bits per heavy atom. The molecule has 1 aromatic heterocycles. The second-order valence-corrected chi connectivity index (χ2v) is 6.36. The molecule has 3 rings (SSSR count). The summed E-state index contributed by atoms with van der Waals surface area (Å²) in [7, 11) is 0. The quantitative estimate of drug-likeness (QED) is 0.792. The lowest BCUT2D eigenvalue weighted by molar-refractivity contribution is -0.123.